The van der Waals surface area contributed by atoms with Gasteiger partial charge in [0.1, 0.15) is 23.4 Å². The molecule has 1 saturated heterocycles. The Morgan fingerprint density at radius 3 is 2.00 bits per heavy atom. The van der Waals surface area contributed by atoms with Crippen LogP contribution in [0.25, 0.3) is 11.1 Å². The molecule has 0 N–H and O–H groups in total. The van der Waals surface area contributed by atoms with Gasteiger partial charge in [-0.25, -0.2) is 9.59 Å². The Labute approximate surface area is 257 Å². The van der Waals surface area contributed by atoms with Crippen LogP contribution >= 0.6 is 0 Å². The second kappa shape index (κ2) is 11.0. The lowest BCUT2D eigenvalue weighted by Gasteiger charge is -2.55. The molecule has 1 spiro atoms. The highest BCUT2D eigenvalue weighted by Gasteiger charge is 2.64. The van der Waals surface area contributed by atoms with Crippen molar-refractivity contribution in [1.29, 1.82) is 0 Å². The average Bonchev–Trinajstić information content (AvgIpc) is 3.34. The van der Waals surface area contributed by atoms with Gasteiger partial charge in [-0.3, -0.25) is 9.69 Å². The number of amides is 2. The van der Waals surface area contributed by atoms with E-state index < -0.39 is 35.2 Å². The molecule has 2 atom stereocenters. The number of benzene rings is 3. The summed E-state index contributed by atoms with van der Waals surface area (Å²) in [4.78, 5) is 43.4. The third kappa shape index (κ3) is 4.94. The van der Waals surface area contributed by atoms with E-state index in [0.717, 1.165) is 27.8 Å². The number of carbonyl (C=O) groups excluding carboxylic acids is 3. The molecule has 6 rings (SSSR count). The van der Waals surface area contributed by atoms with Gasteiger partial charge in [0.15, 0.2) is 6.04 Å². The van der Waals surface area contributed by atoms with Crippen molar-refractivity contribution < 1.29 is 28.6 Å². The van der Waals surface area contributed by atoms with E-state index in [1.54, 1.807) is 44.9 Å². The van der Waals surface area contributed by atoms with E-state index in [1.165, 1.54) is 17.3 Å². The molecule has 2 amide bonds. The Morgan fingerprint density at radius 1 is 0.886 bits per heavy atom. The first-order valence-corrected chi connectivity index (χ1v) is 14.8. The molecule has 3 aliphatic rings. The van der Waals surface area contributed by atoms with Crippen LogP contribution in [-0.4, -0.2) is 53.1 Å². The molecule has 0 bridgehead atoms. The van der Waals surface area contributed by atoms with Crippen molar-refractivity contribution in [3.63, 3.8) is 0 Å². The van der Waals surface area contributed by atoms with E-state index in [2.05, 4.69) is 24.3 Å². The Hall–Kier alpha value is -4.85. The van der Waals surface area contributed by atoms with Gasteiger partial charge in [0, 0.05) is 18.3 Å². The largest absolute Gasteiger partial charge is 0.497 e. The number of likely N-dealkylation sites (tertiary alicyclic amines) is 1. The first-order valence-electron chi connectivity index (χ1n) is 14.8. The lowest BCUT2D eigenvalue weighted by molar-refractivity contribution is -0.188. The molecule has 44 heavy (non-hydrogen) atoms. The van der Waals surface area contributed by atoms with E-state index in [1.807, 2.05) is 55.5 Å². The molecular formula is C36H36N2O6. The lowest BCUT2D eigenvalue weighted by atomic mass is 9.68. The van der Waals surface area contributed by atoms with Crippen LogP contribution < -0.4 is 4.74 Å². The number of hydrogen-bond donors (Lipinski definition) is 0. The van der Waals surface area contributed by atoms with E-state index in [-0.39, 0.29) is 18.4 Å². The summed E-state index contributed by atoms with van der Waals surface area (Å²) in [7, 11) is 1.59. The standard InChI is InChI=1S/C36H36N2O6/c1-23(24-14-16-25(42-5)17-15-24)38-31(32(39)44-35(2,3)4)36(33(38)40)18-20-37(21-19-36)34(41)43-22-30-28-12-8-6-10-26(28)27-11-7-9-13-29(27)30/h6-21,23,30-31H,22H2,1-5H3/t23-,31-/m0/s1. The molecule has 1 aliphatic carbocycles. The monoisotopic (exact) mass is 592 g/mol. The predicted octanol–water partition coefficient (Wildman–Crippen LogP) is 6.59. The number of carbonyl (C=O) groups is 3. The molecule has 2 aliphatic heterocycles. The fourth-order valence-corrected chi connectivity index (χ4v) is 6.36. The van der Waals surface area contributed by atoms with E-state index in [0.29, 0.717) is 5.75 Å². The van der Waals surface area contributed by atoms with Crippen LogP contribution in [0.4, 0.5) is 4.79 Å². The molecule has 0 radical (unpaired) electrons. The number of fused-ring (bicyclic) bond motifs is 3. The van der Waals surface area contributed by atoms with Crippen LogP contribution in [-0.2, 0) is 19.1 Å². The second-order valence-corrected chi connectivity index (χ2v) is 12.4. The maximum Gasteiger partial charge on any atom is 0.417 e. The molecule has 8 nitrogen and oxygen atoms in total. The van der Waals surface area contributed by atoms with Gasteiger partial charge in [0.25, 0.3) is 0 Å². The summed E-state index contributed by atoms with van der Waals surface area (Å²) in [5, 5.41) is 0. The molecule has 3 aromatic carbocycles. The molecule has 226 valence electrons. The lowest BCUT2D eigenvalue weighted by Crippen LogP contribution is -2.71. The fourth-order valence-electron chi connectivity index (χ4n) is 6.36. The van der Waals surface area contributed by atoms with Crippen molar-refractivity contribution in [2.45, 2.75) is 51.3 Å². The molecular weight excluding hydrogens is 556 g/mol. The summed E-state index contributed by atoms with van der Waals surface area (Å²) in [6.07, 6.45) is 5.64. The zero-order valence-electron chi connectivity index (χ0n) is 25.5. The summed E-state index contributed by atoms with van der Waals surface area (Å²) < 4.78 is 16.8. The topological polar surface area (TPSA) is 85.4 Å². The highest BCUT2D eigenvalue weighted by molar-refractivity contribution is 6.04. The highest BCUT2D eigenvalue weighted by Crippen LogP contribution is 2.49. The van der Waals surface area contributed by atoms with Gasteiger partial charge >= 0.3 is 12.1 Å². The normalized spacial score (nSPS) is 18.8. The number of nitrogens with zero attached hydrogens (tertiary/aromatic N) is 2. The zero-order chi connectivity index (χ0) is 31.2. The number of hydrogen-bond acceptors (Lipinski definition) is 6. The first-order chi connectivity index (χ1) is 21.0. The quantitative estimate of drug-likeness (QED) is 0.237. The van der Waals surface area contributed by atoms with Gasteiger partial charge in [-0.05, 0) is 79.8 Å². The minimum Gasteiger partial charge on any atom is -0.497 e. The Morgan fingerprint density at radius 2 is 1.45 bits per heavy atom. The highest BCUT2D eigenvalue weighted by atomic mass is 16.6. The van der Waals surface area contributed by atoms with Crippen LogP contribution in [0.2, 0.25) is 0 Å². The molecule has 1 fully saturated rings. The second-order valence-electron chi connectivity index (χ2n) is 12.4. The van der Waals surface area contributed by atoms with Crippen molar-refractivity contribution in [3.8, 4) is 16.9 Å². The number of esters is 1. The molecule has 8 heteroatoms. The minimum atomic E-state index is -1.27. The number of rotatable bonds is 6. The Bertz CT molecular complexity index is 1610. The van der Waals surface area contributed by atoms with Crippen LogP contribution in [0, 0.1) is 5.41 Å². The maximum absolute atomic E-state index is 13.8. The van der Waals surface area contributed by atoms with E-state index in [9.17, 15) is 14.4 Å². The van der Waals surface area contributed by atoms with Crippen molar-refractivity contribution in [3.05, 3.63) is 114 Å². The van der Waals surface area contributed by atoms with Crippen molar-refractivity contribution in [2.24, 2.45) is 5.41 Å². The van der Waals surface area contributed by atoms with E-state index >= 15 is 0 Å². The van der Waals surface area contributed by atoms with Crippen LogP contribution in [0.5, 0.6) is 5.75 Å². The van der Waals surface area contributed by atoms with Gasteiger partial charge in [-0.1, -0.05) is 60.7 Å². The summed E-state index contributed by atoms with van der Waals surface area (Å²) in [5.74, 6) is -0.145. The summed E-state index contributed by atoms with van der Waals surface area (Å²) in [5.41, 5.74) is 3.37. The van der Waals surface area contributed by atoms with Crippen molar-refractivity contribution in [1.82, 2.24) is 9.80 Å². The third-order valence-corrected chi connectivity index (χ3v) is 8.55. The fraction of sp³-hybridized carbons (Fsp3) is 0.306. The van der Waals surface area contributed by atoms with Gasteiger partial charge in [0.2, 0.25) is 5.91 Å². The predicted molar refractivity (Wildman–Crippen MR) is 166 cm³/mol. The van der Waals surface area contributed by atoms with Gasteiger partial charge in [0.05, 0.1) is 13.2 Å². The molecule has 0 unspecified atom stereocenters. The average molecular weight is 593 g/mol. The van der Waals surface area contributed by atoms with Crippen LogP contribution in [0.3, 0.4) is 0 Å². The number of ether oxygens (including phenoxy) is 3. The van der Waals surface area contributed by atoms with Crippen LogP contribution in [0.1, 0.15) is 56.3 Å². The summed E-state index contributed by atoms with van der Waals surface area (Å²) in [6, 6.07) is 22.4. The molecule has 0 aromatic heterocycles. The zero-order valence-corrected chi connectivity index (χ0v) is 25.5. The third-order valence-electron chi connectivity index (χ3n) is 8.55. The summed E-state index contributed by atoms with van der Waals surface area (Å²) in [6.45, 7) is 7.42. The Balaban J connectivity index is 1.19. The first kappa shape index (κ1) is 29.2. The molecule has 0 saturated carbocycles. The minimum absolute atomic E-state index is 0.0757. The Kier molecular flexibility index (Phi) is 7.32. The van der Waals surface area contributed by atoms with Crippen molar-refractivity contribution >= 4 is 18.0 Å². The number of β-lactam (4-membered cyclic amide) rings is 1. The van der Waals surface area contributed by atoms with Crippen LogP contribution in [0.15, 0.2) is 97.3 Å². The van der Waals surface area contributed by atoms with Gasteiger partial charge < -0.3 is 19.1 Å². The summed E-state index contributed by atoms with van der Waals surface area (Å²) >= 11 is 0. The number of methoxy groups -OCH3 is 1. The molecule has 3 aromatic rings. The smallest absolute Gasteiger partial charge is 0.417 e. The maximum atomic E-state index is 13.8. The van der Waals surface area contributed by atoms with E-state index in [4.69, 9.17) is 14.2 Å². The molecule has 2 heterocycles. The van der Waals surface area contributed by atoms with Gasteiger partial charge in [-0.15, -0.1) is 0 Å². The van der Waals surface area contributed by atoms with Crippen molar-refractivity contribution in [2.75, 3.05) is 13.7 Å². The van der Waals surface area contributed by atoms with Gasteiger partial charge in [-0.2, -0.15) is 0 Å². The SMILES string of the molecule is COc1ccc([C@H](C)N2C(=O)C3(C=CN(C(=O)OCC4c5ccccc5-c5ccccc54)C=C3)[C@@H]2C(=O)OC(C)(C)C)cc1.